The van der Waals surface area contributed by atoms with Gasteiger partial charge >= 0.3 is 6.36 Å². The lowest BCUT2D eigenvalue weighted by Crippen LogP contribution is -2.17. The second-order valence-corrected chi connectivity index (χ2v) is 5.97. The van der Waals surface area contributed by atoms with Crippen molar-refractivity contribution in [2.45, 2.75) is 44.9 Å². The van der Waals surface area contributed by atoms with E-state index >= 15 is 0 Å². The SMILES string of the molecule is Cc1nc(N)c(-c2cccc(OC(F)(F)F)c2)c(C2CCCC2)n1. The molecule has 1 fully saturated rings. The highest BCUT2D eigenvalue weighted by Crippen LogP contribution is 2.41. The lowest BCUT2D eigenvalue weighted by molar-refractivity contribution is -0.274. The highest BCUT2D eigenvalue weighted by Gasteiger charge is 2.31. The second kappa shape index (κ2) is 6.30. The Kier molecular flexibility index (Phi) is 4.34. The van der Waals surface area contributed by atoms with Gasteiger partial charge in [-0.05, 0) is 37.5 Å². The number of benzene rings is 1. The van der Waals surface area contributed by atoms with Gasteiger partial charge < -0.3 is 10.5 Å². The molecule has 0 unspecified atom stereocenters. The number of anilines is 1. The summed E-state index contributed by atoms with van der Waals surface area (Å²) in [6.07, 6.45) is -0.500. The molecule has 0 aliphatic heterocycles. The van der Waals surface area contributed by atoms with Gasteiger partial charge in [0.2, 0.25) is 0 Å². The summed E-state index contributed by atoms with van der Waals surface area (Å²) in [7, 11) is 0. The van der Waals surface area contributed by atoms with Crippen LogP contribution in [0, 0.1) is 6.92 Å². The molecule has 0 radical (unpaired) electrons. The average molecular weight is 337 g/mol. The van der Waals surface area contributed by atoms with E-state index in [9.17, 15) is 13.2 Å². The maximum Gasteiger partial charge on any atom is 0.573 e. The van der Waals surface area contributed by atoms with E-state index in [2.05, 4.69) is 14.7 Å². The van der Waals surface area contributed by atoms with Crippen molar-refractivity contribution >= 4 is 5.82 Å². The molecule has 1 aliphatic carbocycles. The number of halogens is 3. The Morgan fingerprint density at radius 2 is 1.88 bits per heavy atom. The van der Waals surface area contributed by atoms with Crippen molar-refractivity contribution in [2.75, 3.05) is 5.73 Å². The Balaban J connectivity index is 2.07. The van der Waals surface area contributed by atoms with Crippen LogP contribution >= 0.6 is 0 Å². The molecule has 0 bridgehead atoms. The first-order chi connectivity index (χ1) is 11.3. The Bertz CT molecular complexity index is 740. The highest BCUT2D eigenvalue weighted by atomic mass is 19.4. The monoisotopic (exact) mass is 337 g/mol. The fourth-order valence-corrected chi connectivity index (χ4v) is 3.26. The van der Waals surface area contributed by atoms with Crippen molar-refractivity contribution in [3.05, 3.63) is 35.8 Å². The van der Waals surface area contributed by atoms with Crippen LogP contribution in [0.3, 0.4) is 0 Å². The number of alkyl halides is 3. The van der Waals surface area contributed by atoms with E-state index in [0.717, 1.165) is 31.4 Å². The number of nitrogens with two attached hydrogens (primary N) is 1. The number of aromatic nitrogens is 2. The quantitative estimate of drug-likeness (QED) is 0.890. The molecule has 128 valence electrons. The Labute approximate surface area is 137 Å². The van der Waals surface area contributed by atoms with Gasteiger partial charge in [-0.15, -0.1) is 13.2 Å². The second-order valence-electron chi connectivity index (χ2n) is 5.97. The predicted octanol–water partition coefficient (Wildman–Crippen LogP) is 4.59. The first kappa shape index (κ1) is 16.5. The number of nitrogen functional groups attached to an aromatic ring is 1. The third-order valence-electron chi connectivity index (χ3n) is 4.17. The smallest absolute Gasteiger partial charge is 0.406 e. The summed E-state index contributed by atoms with van der Waals surface area (Å²) in [5.74, 6) is 0.836. The van der Waals surface area contributed by atoms with Gasteiger partial charge in [0, 0.05) is 11.5 Å². The maximum atomic E-state index is 12.5. The summed E-state index contributed by atoms with van der Waals surface area (Å²) < 4.78 is 41.4. The zero-order valence-electron chi connectivity index (χ0n) is 13.2. The van der Waals surface area contributed by atoms with Crippen LogP contribution in [0.1, 0.15) is 43.1 Å². The van der Waals surface area contributed by atoms with Crippen molar-refractivity contribution in [3.8, 4) is 16.9 Å². The van der Waals surface area contributed by atoms with Gasteiger partial charge in [-0.3, -0.25) is 0 Å². The third kappa shape index (κ3) is 3.60. The van der Waals surface area contributed by atoms with Crippen LogP contribution in [-0.4, -0.2) is 16.3 Å². The molecule has 3 rings (SSSR count). The van der Waals surface area contributed by atoms with Crippen LogP contribution in [0.4, 0.5) is 19.0 Å². The number of nitrogens with zero attached hydrogens (tertiary/aromatic N) is 2. The maximum absolute atomic E-state index is 12.5. The van der Waals surface area contributed by atoms with Gasteiger partial charge in [0.25, 0.3) is 0 Å². The molecular formula is C17H18F3N3O. The number of hydrogen-bond donors (Lipinski definition) is 1. The molecule has 0 saturated heterocycles. The fourth-order valence-electron chi connectivity index (χ4n) is 3.26. The standard InChI is InChI=1S/C17H18F3N3O/c1-10-22-15(11-5-2-3-6-11)14(16(21)23-10)12-7-4-8-13(9-12)24-17(18,19)20/h4,7-9,11H,2-3,5-6H2,1H3,(H2,21,22,23). The largest absolute Gasteiger partial charge is 0.573 e. The topological polar surface area (TPSA) is 61.0 Å². The predicted molar refractivity (Wildman–Crippen MR) is 84.5 cm³/mol. The van der Waals surface area contributed by atoms with E-state index in [4.69, 9.17) is 5.73 Å². The molecule has 7 heteroatoms. The molecule has 1 aromatic carbocycles. The Hall–Kier alpha value is -2.31. The summed E-state index contributed by atoms with van der Waals surface area (Å²) in [6, 6.07) is 5.80. The van der Waals surface area contributed by atoms with Crippen molar-refractivity contribution in [1.82, 2.24) is 9.97 Å². The fraction of sp³-hybridized carbons (Fsp3) is 0.412. The molecule has 1 aromatic heterocycles. The van der Waals surface area contributed by atoms with E-state index in [1.54, 1.807) is 13.0 Å². The van der Waals surface area contributed by atoms with Crippen LogP contribution in [0.25, 0.3) is 11.1 Å². The van der Waals surface area contributed by atoms with E-state index in [1.165, 1.54) is 18.2 Å². The molecule has 0 atom stereocenters. The Morgan fingerprint density at radius 1 is 1.17 bits per heavy atom. The summed E-state index contributed by atoms with van der Waals surface area (Å²) in [4.78, 5) is 8.73. The number of aryl methyl sites for hydroxylation is 1. The van der Waals surface area contributed by atoms with Crippen molar-refractivity contribution in [2.24, 2.45) is 0 Å². The van der Waals surface area contributed by atoms with Crippen LogP contribution < -0.4 is 10.5 Å². The van der Waals surface area contributed by atoms with E-state index in [-0.39, 0.29) is 17.5 Å². The molecule has 1 saturated carbocycles. The average Bonchev–Trinajstić information content (AvgIpc) is 2.98. The molecule has 1 heterocycles. The van der Waals surface area contributed by atoms with Crippen molar-refractivity contribution in [1.29, 1.82) is 0 Å². The lowest BCUT2D eigenvalue weighted by atomic mass is 9.94. The summed E-state index contributed by atoms with van der Waals surface area (Å²) >= 11 is 0. The van der Waals surface area contributed by atoms with E-state index in [0.29, 0.717) is 17.0 Å². The van der Waals surface area contributed by atoms with Gasteiger partial charge in [-0.1, -0.05) is 25.0 Å². The van der Waals surface area contributed by atoms with Crippen LogP contribution in [0.2, 0.25) is 0 Å². The zero-order valence-corrected chi connectivity index (χ0v) is 13.2. The molecular weight excluding hydrogens is 319 g/mol. The molecule has 0 spiro atoms. The molecule has 24 heavy (non-hydrogen) atoms. The summed E-state index contributed by atoms with van der Waals surface area (Å²) in [5, 5.41) is 0. The Morgan fingerprint density at radius 3 is 2.54 bits per heavy atom. The van der Waals surface area contributed by atoms with Crippen LogP contribution in [0.15, 0.2) is 24.3 Å². The van der Waals surface area contributed by atoms with Crippen LogP contribution in [-0.2, 0) is 0 Å². The van der Waals surface area contributed by atoms with Gasteiger partial charge in [0.15, 0.2) is 0 Å². The first-order valence-corrected chi connectivity index (χ1v) is 7.83. The normalized spacial score (nSPS) is 15.7. The van der Waals surface area contributed by atoms with Gasteiger partial charge in [0.1, 0.15) is 17.4 Å². The number of hydrogen-bond acceptors (Lipinski definition) is 4. The van der Waals surface area contributed by atoms with Crippen LogP contribution in [0.5, 0.6) is 5.75 Å². The van der Waals surface area contributed by atoms with Gasteiger partial charge in [-0.25, -0.2) is 9.97 Å². The van der Waals surface area contributed by atoms with Gasteiger partial charge in [0.05, 0.1) is 5.69 Å². The third-order valence-corrected chi connectivity index (χ3v) is 4.17. The molecule has 4 nitrogen and oxygen atoms in total. The number of rotatable bonds is 3. The van der Waals surface area contributed by atoms with Crippen molar-refractivity contribution in [3.63, 3.8) is 0 Å². The first-order valence-electron chi connectivity index (χ1n) is 7.83. The highest BCUT2D eigenvalue weighted by molar-refractivity contribution is 5.77. The summed E-state index contributed by atoms with van der Waals surface area (Å²) in [5.41, 5.74) is 8.06. The summed E-state index contributed by atoms with van der Waals surface area (Å²) in [6.45, 7) is 1.77. The molecule has 0 amide bonds. The lowest BCUT2D eigenvalue weighted by Gasteiger charge is -2.17. The minimum absolute atomic E-state index is 0.260. The molecule has 2 aromatic rings. The zero-order chi connectivity index (χ0) is 17.3. The van der Waals surface area contributed by atoms with E-state index < -0.39 is 6.36 Å². The van der Waals surface area contributed by atoms with E-state index in [1.807, 2.05) is 0 Å². The minimum atomic E-state index is -4.73. The van der Waals surface area contributed by atoms with Gasteiger partial charge in [-0.2, -0.15) is 0 Å². The van der Waals surface area contributed by atoms with Crippen molar-refractivity contribution < 1.29 is 17.9 Å². The molecule has 2 N–H and O–H groups in total. The number of ether oxygens (including phenoxy) is 1. The minimum Gasteiger partial charge on any atom is -0.406 e. The molecule has 1 aliphatic rings.